The van der Waals surface area contributed by atoms with E-state index in [1.807, 2.05) is 24.3 Å². The molecule has 0 radical (unpaired) electrons. The van der Waals surface area contributed by atoms with Crippen molar-refractivity contribution in [3.63, 3.8) is 0 Å². The molecule has 6 heteroatoms. The highest BCUT2D eigenvalue weighted by Gasteiger charge is 2.19. The molecular formula is C14H18N4O2. The van der Waals surface area contributed by atoms with Gasteiger partial charge in [-0.3, -0.25) is 0 Å². The van der Waals surface area contributed by atoms with Crippen LogP contribution in [0.2, 0.25) is 0 Å². The summed E-state index contributed by atoms with van der Waals surface area (Å²) in [5.41, 5.74) is 7.92. The average Bonchev–Trinajstić information content (AvgIpc) is 2.79. The number of anilines is 1. The minimum atomic E-state index is -0.597. The van der Waals surface area contributed by atoms with E-state index in [4.69, 9.17) is 5.73 Å². The SMILES string of the molecule is COC(=O)c1nnn(-c2ccc(C(C)(C)C)cc2)c1N. The van der Waals surface area contributed by atoms with E-state index in [2.05, 4.69) is 35.8 Å². The van der Waals surface area contributed by atoms with Gasteiger partial charge in [0.15, 0.2) is 5.82 Å². The number of nitrogens with two attached hydrogens (primary N) is 1. The zero-order valence-corrected chi connectivity index (χ0v) is 12.0. The van der Waals surface area contributed by atoms with Crippen LogP contribution in [-0.2, 0) is 10.2 Å². The Kier molecular flexibility index (Phi) is 3.48. The van der Waals surface area contributed by atoms with Gasteiger partial charge in [-0.05, 0) is 23.1 Å². The first-order valence-corrected chi connectivity index (χ1v) is 6.25. The zero-order chi connectivity index (χ0) is 14.9. The summed E-state index contributed by atoms with van der Waals surface area (Å²) >= 11 is 0. The summed E-state index contributed by atoms with van der Waals surface area (Å²) < 4.78 is 6.01. The fraction of sp³-hybridized carbons (Fsp3) is 0.357. The molecule has 1 aromatic heterocycles. The first-order valence-electron chi connectivity index (χ1n) is 6.25. The number of methoxy groups -OCH3 is 1. The Hall–Kier alpha value is -2.37. The minimum Gasteiger partial charge on any atom is -0.464 e. The lowest BCUT2D eigenvalue weighted by molar-refractivity contribution is 0.0595. The Morgan fingerprint density at radius 1 is 1.25 bits per heavy atom. The summed E-state index contributed by atoms with van der Waals surface area (Å²) in [6.07, 6.45) is 0. The van der Waals surface area contributed by atoms with Crippen LogP contribution in [0.25, 0.3) is 5.69 Å². The van der Waals surface area contributed by atoms with Crippen LogP contribution in [0.15, 0.2) is 24.3 Å². The molecule has 0 unspecified atom stereocenters. The lowest BCUT2D eigenvalue weighted by Crippen LogP contribution is -2.11. The molecule has 0 aliphatic rings. The van der Waals surface area contributed by atoms with E-state index in [9.17, 15) is 4.79 Å². The van der Waals surface area contributed by atoms with E-state index in [1.54, 1.807) is 0 Å². The third-order valence-electron chi connectivity index (χ3n) is 3.06. The predicted molar refractivity (Wildman–Crippen MR) is 75.8 cm³/mol. The monoisotopic (exact) mass is 274 g/mol. The highest BCUT2D eigenvalue weighted by Crippen LogP contribution is 2.24. The number of aromatic nitrogens is 3. The Balaban J connectivity index is 2.38. The summed E-state index contributed by atoms with van der Waals surface area (Å²) in [5, 5.41) is 7.64. The second kappa shape index (κ2) is 4.96. The fourth-order valence-electron chi connectivity index (χ4n) is 1.82. The van der Waals surface area contributed by atoms with Gasteiger partial charge in [-0.2, -0.15) is 4.68 Å². The molecule has 1 aromatic carbocycles. The van der Waals surface area contributed by atoms with Gasteiger partial charge in [-0.1, -0.05) is 38.1 Å². The van der Waals surface area contributed by atoms with Crippen LogP contribution in [0.4, 0.5) is 5.82 Å². The van der Waals surface area contributed by atoms with Gasteiger partial charge in [0.05, 0.1) is 12.8 Å². The topological polar surface area (TPSA) is 83.0 Å². The van der Waals surface area contributed by atoms with E-state index in [0.29, 0.717) is 0 Å². The van der Waals surface area contributed by atoms with Crippen molar-refractivity contribution in [2.75, 3.05) is 12.8 Å². The average molecular weight is 274 g/mol. The summed E-state index contributed by atoms with van der Waals surface area (Å²) in [6, 6.07) is 7.81. The predicted octanol–water partition coefficient (Wildman–Crippen LogP) is 1.93. The standard InChI is InChI=1S/C14H18N4O2/c1-14(2,3)9-5-7-10(8-6-9)18-12(15)11(16-17-18)13(19)20-4/h5-8H,15H2,1-4H3. The summed E-state index contributed by atoms with van der Waals surface area (Å²) in [6.45, 7) is 6.42. The van der Waals surface area contributed by atoms with Gasteiger partial charge in [0, 0.05) is 0 Å². The normalized spacial score (nSPS) is 11.4. The van der Waals surface area contributed by atoms with Crippen LogP contribution in [-0.4, -0.2) is 28.1 Å². The van der Waals surface area contributed by atoms with E-state index in [1.165, 1.54) is 17.4 Å². The molecule has 0 amide bonds. The van der Waals surface area contributed by atoms with Crippen LogP contribution >= 0.6 is 0 Å². The summed E-state index contributed by atoms with van der Waals surface area (Å²) in [7, 11) is 1.28. The van der Waals surface area contributed by atoms with Gasteiger partial charge in [0.1, 0.15) is 0 Å². The van der Waals surface area contributed by atoms with Crippen molar-refractivity contribution in [2.45, 2.75) is 26.2 Å². The molecule has 2 rings (SSSR count). The molecular weight excluding hydrogens is 256 g/mol. The number of hydrogen-bond acceptors (Lipinski definition) is 5. The molecule has 1 heterocycles. The molecule has 0 saturated heterocycles. The van der Waals surface area contributed by atoms with Gasteiger partial charge in [-0.15, -0.1) is 5.10 Å². The third-order valence-corrected chi connectivity index (χ3v) is 3.06. The molecule has 6 nitrogen and oxygen atoms in total. The van der Waals surface area contributed by atoms with Crippen molar-refractivity contribution in [3.8, 4) is 5.69 Å². The number of benzene rings is 1. The van der Waals surface area contributed by atoms with Crippen LogP contribution in [0.5, 0.6) is 0 Å². The summed E-state index contributed by atoms with van der Waals surface area (Å²) in [4.78, 5) is 11.4. The van der Waals surface area contributed by atoms with Crippen molar-refractivity contribution in [1.82, 2.24) is 15.0 Å². The van der Waals surface area contributed by atoms with Gasteiger partial charge >= 0.3 is 5.97 Å². The molecule has 0 spiro atoms. The first kappa shape index (κ1) is 14.0. The molecule has 0 bridgehead atoms. The second-order valence-electron chi connectivity index (χ2n) is 5.52. The van der Waals surface area contributed by atoms with E-state index in [-0.39, 0.29) is 16.9 Å². The number of carbonyl (C=O) groups excluding carboxylic acids is 1. The van der Waals surface area contributed by atoms with Crippen molar-refractivity contribution in [3.05, 3.63) is 35.5 Å². The van der Waals surface area contributed by atoms with Gasteiger partial charge in [0.2, 0.25) is 5.69 Å². The lowest BCUT2D eigenvalue weighted by Gasteiger charge is -2.19. The van der Waals surface area contributed by atoms with E-state index >= 15 is 0 Å². The second-order valence-corrected chi connectivity index (χ2v) is 5.52. The third kappa shape index (κ3) is 2.49. The number of ether oxygens (including phenoxy) is 1. The molecule has 0 aliphatic carbocycles. The first-order chi connectivity index (χ1) is 9.34. The van der Waals surface area contributed by atoms with Crippen molar-refractivity contribution >= 4 is 11.8 Å². The lowest BCUT2D eigenvalue weighted by atomic mass is 9.87. The number of esters is 1. The maximum absolute atomic E-state index is 11.4. The molecule has 2 aromatic rings. The Morgan fingerprint density at radius 2 is 1.85 bits per heavy atom. The van der Waals surface area contributed by atoms with Gasteiger partial charge in [0.25, 0.3) is 0 Å². The molecule has 0 fully saturated rings. The van der Waals surface area contributed by atoms with Gasteiger partial charge in [-0.25, -0.2) is 4.79 Å². The molecule has 0 saturated carbocycles. The Bertz CT molecular complexity index is 624. The zero-order valence-electron chi connectivity index (χ0n) is 12.0. The van der Waals surface area contributed by atoms with E-state index in [0.717, 1.165) is 5.69 Å². The van der Waals surface area contributed by atoms with Gasteiger partial charge < -0.3 is 10.5 Å². The van der Waals surface area contributed by atoms with Crippen LogP contribution in [0, 0.1) is 0 Å². The molecule has 106 valence electrons. The Morgan fingerprint density at radius 3 is 2.35 bits per heavy atom. The molecule has 0 aliphatic heterocycles. The highest BCUT2D eigenvalue weighted by molar-refractivity contribution is 5.92. The van der Waals surface area contributed by atoms with Crippen LogP contribution in [0.3, 0.4) is 0 Å². The van der Waals surface area contributed by atoms with Crippen molar-refractivity contribution in [1.29, 1.82) is 0 Å². The maximum Gasteiger partial charge on any atom is 0.362 e. The quantitative estimate of drug-likeness (QED) is 0.846. The molecule has 2 N–H and O–H groups in total. The number of nitrogen functional groups attached to an aromatic ring is 1. The number of carbonyl (C=O) groups is 1. The summed E-state index contributed by atoms with van der Waals surface area (Å²) in [5.74, 6) is -0.430. The largest absolute Gasteiger partial charge is 0.464 e. The number of nitrogens with zero attached hydrogens (tertiary/aromatic N) is 3. The number of rotatable bonds is 2. The molecule has 20 heavy (non-hydrogen) atoms. The van der Waals surface area contributed by atoms with Crippen molar-refractivity contribution < 1.29 is 9.53 Å². The fourth-order valence-corrected chi connectivity index (χ4v) is 1.82. The molecule has 0 atom stereocenters. The minimum absolute atomic E-state index is 0.0207. The van der Waals surface area contributed by atoms with Crippen molar-refractivity contribution in [2.24, 2.45) is 0 Å². The maximum atomic E-state index is 11.4. The smallest absolute Gasteiger partial charge is 0.362 e. The highest BCUT2D eigenvalue weighted by atomic mass is 16.5. The number of hydrogen-bond donors (Lipinski definition) is 1. The Labute approximate surface area is 117 Å². The van der Waals surface area contributed by atoms with Crippen LogP contribution < -0.4 is 5.73 Å². The van der Waals surface area contributed by atoms with Crippen LogP contribution in [0.1, 0.15) is 36.8 Å². The van der Waals surface area contributed by atoms with E-state index < -0.39 is 5.97 Å².